The maximum absolute atomic E-state index is 11.4. The lowest BCUT2D eigenvalue weighted by Gasteiger charge is -2.46. The van der Waals surface area contributed by atoms with Crippen LogP contribution >= 0.6 is 0 Å². The fraction of sp³-hybridized carbons (Fsp3) is 1.00. The first-order valence-electron chi connectivity index (χ1n) is 5.34. The van der Waals surface area contributed by atoms with Crippen LogP contribution in [0, 0.1) is 0 Å². The van der Waals surface area contributed by atoms with Crippen molar-refractivity contribution in [1.29, 1.82) is 0 Å². The fourth-order valence-corrected chi connectivity index (χ4v) is 3.12. The van der Waals surface area contributed by atoms with Crippen molar-refractivity contribution in [1.82, 2.24) is 9.21 Å². The molecule has 5 heteroatoms. The Hall–Kier alpha value is -0.130. The van der Waals surface area contributed by atoms with Gasteiger partial charge in [-0.2, -0.15) is 4.31 Å². The Bertz CT molecular complexity index is 319. The summed E-state index contributed by atoms with van der Waals surface area (Å²) in [7, 11) is -3.02. The van der Waals surface area contributed by atoms with Crippen LogP contribution in [0.4, 0.5) is 0 Å². The number of rotatable bonds is 1. The number of hydrogen-bond acceptors (Lipinski definition) is 3. The average Bonchev–Trinajstić information content (AvgIpc) is 1.99. The molecule has 0 aromatic carbocycles. The summed E-state index contributed by atoms with van der Waals surface area (Å²) in [4.78, 5) is 2.36. The summed E-state index contributed by atoms with van der Waals surface area (Å²) in [5, 5.41) is 0. The van der Waals surface area contributed by atoms with Gasteiger partial charge in [0.25, 0.3) is 0 Å². The molecule has 0 amide bonds. The number of nitrogens with zero attached hydrogens (tertiary/aromatic N) is 2. The van der Waals surface area contributed by atoms with Gasteiger partial charge in [-0.1, -0.05) is 0 Å². The van der Waals surface area contributed by atoms with E-state index in [1.807, 2.05) is 0 Å². The van der Waals surface area contributed by atoms with Crippen molar-refractivity contribution in [2.45, 2.75) is 39.3 Å². The van der Waals surface area contributed by atoms with Crippen molar-refractivity contribution in [2.75, 3.05) is 25.9 Å². The van der Waals surface area contributed by atoms with Gasteiger partial charge in [0.15, 0.2) is 0 Å². The van der Waals surface area contributed by atoms with Gasteiger partial charge in [0.05, 0.1) is 6.26 Å². The summed E-state index contributed by atoms with van der Waals surface area (Å²) in [6.07, 6.45) is 1.28. The minimum Gasteiger partial charge on any atom is -0.293 e. The smallest absolute Gasteiger partial charge is 0.211 e. The molecule has 0 aliphatic carbocycles. The third-order valence-corrected chi connectivity index (χ3v) is 4.19. The second kappa shape index (κ2) is 4.03. The van der Waals surface area contributed by atoms with Crippen molar-refractivity contribution in [2.24, 2.45) is 0 Å². The molecule has 1 saturated heterocycles. The molecule has 0 aromatic heterocycles. The molecular weight excluding hydrogens is 212 g/mol. The van der Waals surface area contributed by atoms with Crippen LogP contribution in [0.5, 0.6) is 0 Å². The molecule has 0 saturated carbocycles. The fourth-order valence-electron chi connectivity index (χ4n) is 2.22. The van der Waals surface area contributed by atoms with Gasteiger partial charge in [-0.25, -0.2) is 8.42 Å². The highest BCUT2D eigenvalue weighted by atomic mass is 32.2. The van der Waals surface area contributed by atoms with Crippen molar-refractivity contribution in [3.63, 3.8) is 0 Å². The Kier molecular flexibility index (Phi) is 3.48. The van der Waals surface area contributed by atoms with Crippen LogP contribution < -0.4 is 0 Å². The SMILES string of the molecule is C[C@H]1CN(S(C)(=O)=O)CCN1C(C)(C)C. The molecule has 0 radical (unpaired) electrons. The van der Waals surface area contributed by atoms with Crippen LogP contribution in [0.15, 0.2) is 0 Å². The van der Waals surface area contributed by atoms with Gasteiger partial charge in [-0.3, -0.25) is 4.90 Å². The molecule has 0 N–H and O–H groups in total. The third kappa shape index (κ3) is 3.16. The van der Waals surface area contributed by atoms with Gasteiger partial charge in [0, 0.05) is 31.2 Å². The number of sulfonamides is 1. The Labute approximate surface area is 93.3 Å². The van der Waals surface area contributed by atoms with Crippen LogP contribution in [0.25, 0.3) is 0 Å². The van der Waals surface area contributed by atoms with E-state index in [-0.39, 0.29) is 11.6 Å². The maximum Gasteiger partial charge on any atom is 0.211 e. The van der Waals surface area contributed by atoms with E-state index in [0.717, 1.165) is 6.54 Å². The molecule has 90 valence electrons. The number of hydrogen-bond donors (Lipinski definition) is 0. The molecule has 0 unspecified atom stereocenters. The topological polar surface area (TPSA) is 40.6 Å². The Morgan fingerprint density at radius 2 is 1.73 bits per heavy atom. The van der Waals surface area contributed by atoms with Gasteiger partial charge < -0.3 is 0 Å². The van der Waals surface area contributed by atoms with Gasteiger partial charge in [-0.15, -0.1) is 0 Å². The lowest BCUT2D eigenvalue weighted by atomic mass is 10.0. The lowest BCUT2D eigenvalue weighted by molar-refractivity contribution is 0.0447. The lowest BCUT2D eigenvalue weighted by Crippen LogP contribution is -2.58. The molecule has 0 aromatic rings. The van der Waals surface area contributed by atoms with Crippen LogP contribution in [-0.2, 0) is 10.0 Å². The highest BCUT2D eigenvalue weighted by Crippen LogP contribution is 2.21. The highest BCUT2D eigenvalue weighted by molar-refractivity contribution is 7.88. The number of piperazine rings is 1. The van der Waals surface area contributed by atoms with E-state index in [9.17, 15) is 8.42 Å². The molecule has 1 rings (SSSR count). The van der Waals surface area contributed by atoms with E-state index in [1.165, 1.54) is 6.26 Å². The van der Waals surface area contributed by atoms with Crippen molar-refractivity contribution in [3.8, 4) is 0 Å². The van der Waals surface area contributed by atoms with E-state index in [0.29, 0.717) is 13.1 Å². The summed E-state index contributed by atoms with van der Waals surface area (Å²) in [5.74, 6) is 0. The third-order valence-electron chi connectivity index (χ3n) is 2.92. The van der Waals surface area contributed by atoms with Gasteiger partial charge in [0.2, 0.25) is 10.0 Å². The minimum atomic E-state index is -3.02. The van der Waals surface area contributed by atoms with E-state index in [1.54, 1.807) is 4.31 Å². The van der Waals surface area contributed by atoms with Gasteiger partial charge in [0.1, 0.15) is 0 Å². The minimum absolute atomic E-state index is 0.114. The Balaban J connectivity index is 2.72. The molecule has 1 atom stereocenters. The predicted octanol–water partition coefficient (Wildman–Crippen LogP) is 0.751. The molecule has 1 heterocycles. The van der Waals surface area contributed by atoms with Crippen molar-refractivity contribution < 1.29 is 8.42 Å². The zero-order valence-corrected chi connectivity index (χ0v) is 11.1. The standard InChI is InChI=1S/C10H22N2O2S/c1-9-8-11(15(5,13)14)6-7-12(9)10(2,3)4/h9H,6-8H2,1-5H3/t9-/m0/s1. The first-order valence-corrected chi connectivity index (χ1v) is 7.19. The quantitative estimate of drug-likeness (QED) is 0.672. The average molecular weight is 234 g/mol. The first kappa shape index (κ1) is 12.9. The zero-order valence-electron chi connectivity index (χ0n) is 10.3. The monoisotopic (exact) mass is 234 g/mol. The second-order valence-corrected chi connectivity index (χ2v) is 7.32. The Morgan fingerprint density at radius 1 is 1.20 bits per heavy atom. The van der Waals surface area contributed by atoms with Gasteiger partial charge in [-0.05, 0) is 27.7 Å². The molecule has 1 fully saturated rings. The van der Waals surface area contributed by atoms with Crippen LogP contribution in [-0.4, -0.2) is 55.1 Å². The van der Waals surface area contributed by atoms with Crippen LogP contribution in [0.2, 0.25) is 0 Å². The van der Waals surface area contributed by atoms with Crippen molar-refractivity contribution in [3.05, 3.63) is 0 Å². The molecule has 1 aliphatic rings. The molecule has 0 bridgehead atoms. The molecular formula is C10H22N2O2S. The van der Waals surface area contributed by atoms with E-state index < -0.39 is 10.0 Å². The summed E-state index contributed by atoms with van der Waals surface area (Å²) in [6, 6.07) is 0.286. The summed E-state index contributed by atoms with van der Waals surface area (Å²) >= 11 is 0. The normalized spacial score (nSPS) is 26.9. The predicted molar refractivity (Wildman–Crippen MR) is 62.3 cm³/mol. The van der Waals surface area contributed by atoms with Gasteiger partial charge >= 0.3 is 0 Å². The van der Waals surface area contributed by atoms with Crippen LogP contribution in [0.3, 0.4) is 0 Å². The zero-order chi connectivity index (χ0) is 11.9. The van der Waals surface area contributed by atoms with Crippen LogP contribution in [0.1, 0.15) is 27.7 Å². The summed E-state index contributed by atoms with van der Waals surface area (Å²) in [6.45, 7) is 10.6. The summed E-state index contributed by atoms with van der Waals surface area (Å²) < 4.78 is 24.4. The second-order valence-electron chi connectivity index (χ2n) is 5.33. The van der Waals surface area contributed by atoms with E-state index >= 15 is 0 Å². The largest absolute Gasteiger partial charge is 0.293 e. The molecule has 15 heavy (non-hydrogen) atoms. The first-order chi connectivity index (χ1) is 6.62. The molecule has 0 spiro atoms. The summed E-state index contributed by atoms with van der Waals surface area (Å²) in [5.41, 5.74) is 0.114. The van der Waals surface area contributed by atoms with E-state index in [2.05, 4.69) is 32.6 Å². The maximum atomic E-state index is 11.4. The Morgan fingerprint density at radius 3 is 2.07 bits per heavy atom. The molecule has 1 aliphatic heterocycles. The molecule has 4 nitrogen and oxygen atoms in total. The van der Waals surface area contributed by atoms with E-state index in [4.69, 9.17) is 0 Å². The highest BCUT2D eigenvalue weighted by Gasteiger charge is 2.33. The van der Waals surface area contributed by atoms with Crippen molar-refractivity contribution >= 4 is 10.0 Å².